The van der Waals surface area contributed by atoms with Crippen molar-refractivity contribution < 1.29 is 0 Å². The van der Waals surface area contributed by atoms with E-state index in [2.05, 4.69) is 53.8 Å². The Balaban J connectivity index is 0.00000288. The van der Waals surface area contributed by atoms with E-state index in [9.17, 15) is 0 Å². The van der Waals surface area contributed by atoms with Crippen LogP contribution in [0.3, 0.4) is 0 Å². The van der Waals surface area contributed by atoms with Gasteiger partial charge >= 0.3 is 0 Å². The number of thiophene rings is 1. The van der Waals surface area contributed by atoms with Crippen molar-refractivity contribution in [3.8, 4) is 0 Å². The zero-order valence-corrected chi connectivity index (χ0v) is 18.4. The van der Waals surface area contributed by atoms with Crippen molar-refractivity contribution in [3.63, 3.8) is 0 Å². The lowest BCUT2D eigenvalue weighted by Crippen LogP contribution is -2.41. The van der Waals surface area contributed by atoms with Crippen LogP contribution in [0.2, 0.25) is 0 Å². The molecule has 138 valence electrons. The maximum atomic E-state index is 4.84. The number of nitrogens with zero attached hydrogens (tertiary/aromatic N) is 2. The molecule has 0 radical (unpaired) electrons. The van der Waals surface area contributed by atoms with Crippen molar-refractivity contribution in [3.05, 3.63) is 22.4 Å². The van der Waals surface area contributed by atoms with E-state index >= 15 is 0 Å². The minimum absolute atomic E-state index is 0. The summed E-state index contributed by atoms with van der Waals surface area (Å²) in [6.45, 7) is 11.9. The fourth-order valence-electron chi connectivity index (χ4n) is 3.07. The Morgan fingerprint density at radius 3 is 2.62 bits per heavy atom. The van der Waals surface area contributed by atoms with Gasteiger partial charge in [0.15, 0.2) is 5.96 Å². The lowest BCUT2D eigenvalue weighted by atomic mass is 10.1. The van der Waals surface area contributed by atoms with Crippen molar-refractivity contribution >= 4 is 41.3 Å². The summed E-state index contributed by atoms with van der Waals surface area (Å²) in [6.07, 6.45) is 3.86. The van der Waals surface area contributed by atoms with Gasteiger partial charge in [-0.15, -0.1) is 35.3 Å². The van der Waals surface area contributed by atoms with E-state index < -0.39 is 0 Å². The number of hydrogen-bond acceptors (Lipinski definition) is 3. The minimum atomic E-state index is 0. The van der Waals surface area contributed by atoms with Crippen LogP contribution in [0.15, 0.2) is 22.5 Å². The van der Waals surface area contributed by atoms with Crippen LogP contribution in [-0.4, -0.2) is 49.6 Å². The topological polar surface area (TPSA) is 39.7 Å². The first-order valence-corrected chi connectivity index (χ1v) is 9.92. The molecule has 1 aliphatic rings. The first kappa shape index (κ1) is 21.7. The normalized spacial score (nSPS) is 18.0. The maximum Gasteiger partial charge on any atom is 0.191 e. The van der Waals surface area contributed by atoms with Gasteiger partial charge in [0.1, 0.15) is 0 Å². The van der Waals surface area contributed by atoms with Gasteiger partial charge in [0.25, 0.3) is 0 Å². The molecule has 0 spiro atoms. The van der Waals surface area contributed by atoms with Gasteiger partial charge in [0, 0.05) is 29.9 Å². The molecule has 2 rings (SSSR count). The molecule has 1 aromatic rings. The average Bonchev–Trinajstić information content (AvgIpc) is 3.26. The first-order chi connectivity index (χ1) is 11.2. The standard InChI is InChI=1S/C18H32N4S.HI/c1-4-16(22-10-6-7-11-22)14-21-18(19-5-2)20-13-15(3)17-9-8-12-23-17;/h8-9,12,15-16H,4-7,10-11,13-14H2,1-3H3,(H2,19,20,21);1H. The predicted molar refractivity (Wildman–Crippen MR) is 117 cm³/mol. The molecule has 24 heavy (non-hydrogen) atoms. The van der Waals surface area contributed by atoms with Crippen LogP contribution in [-0.2, 0) is 0 Å². The molecule has 2 N–H and O–H groups in total. The third kappa shape index (κ3) is 6.88. The van der Waals surface area contributed by atoms with E-state index in [0.717, 1.165) is 25.6 Å². The van der Waals surface area contributed by atoms with Crippen LogP contribution in [0.4, 0.5) is 0 Å². The number of rotatable bonds is 8. The molecule has 0 saturated carbocycles. The number of guanidine groups is 1. The molecule has 0 aromatic carbocycles. The van der Waals surface area contributed by atoms with Crippen molar-refractivity contribution in [2.24, 2.45) is 4.99 Å². The van der Waals surface area contributed by atoms with Crippen LogP contribution >= 0.6 is 35.3 Å². The van der Waals surface area contributed by atoms with Crippen molar-refractivity contribution in [2.45, 2.75) is 52.0 Å². The molecule has 2 atom stereocenters. The van der Waals surface area contributed by atoms with E-state index in [1.807, 2.05) is 11.3 Å². The first-order valence-electron chi connectivity index (χ1n) is 9.04. The maximum absolute atomic E-state index is 4.84. The monoisotopic (exact) mass is 464 g/mol. The number of likely N-dealkylation sites (tertiary alicyclic amines) is 1. The molecule has 2 heterocycles. The predicted octanol–water partition coefficient (Wildman–Crippen LogP) is 3.90. The minimum Gasteiger partial charge on any atom is -0.357 e. The molecular weight excluding hydrogens is 431 g/mol. The molecular formula is C18H33IN4S. The summed E-state index contributed by atoms with van der Waals surface area (Å²) < 4.78 is 0. The van der Waals surface area contributed by atoms with E-state index in [1.54, 1.807) is 0 Å². The highest BCUT2D eigenvalue weighted by Crippen LogP contribution is 2.19. The Morgan fingerprint density at radius 2 is 2.04 bits per heavy atom. The van der Waals surface area contributed by atoms with Gasteiger partial charge in [-0.2, -0.15) is 0 Å². The summed E-state index contributed by atoms with van der Waals surface area (Å²) in [5, 5.41) is 9.03. The van der Waals surface area contributed by atoms with Gasteiger partial charge in [-0.05, 0) is 50.7 Å². The smallest absolute Gasteiger partial charge is 0.191 e. The molecule has 0 bridgehead atoms. The van der Waals surface area contributed by atoms with Gasteiger partial charge in [0.05, 0.1) is 6.54 Å². The van der Waals surface area contributed by atoms with Crippen LogP contribution in [0, 0.1) is 0 Å². The SMILES string of the molecule is CCNC(=NCC(CC)N1CCCC1)NCC(C)c1cccs1.I. The molecule has 2 unspecified atom stereocenters. The van der Waals surface area contributed by atoms with E-state index in [1.165, 1.54) is 37.2 Å². The Hall–Kier alpha value is -0.340. The largest absolute Gasteiger partial charge is 0.357 e. The highest BCUT2D eigenvalue weighted by molar-refractivity contribution is 14.0. The summed E-state index contributed by atoms with van der Waals surface area (Å²) in [7, 11) is 0. The second kappa shape index (κ2) is 12.1. The highest BCUT2D eigenvalue weighted by atomic mass is 127. The summed E-state index contributed by atoms with van der Waals surface area (Å²) in [5.74, 6) is 1.47. The van der Waals surface area contributed by atoms with E-state index in [0.29, 0.717) is 12.0 Å². The second-order valence-corrected chi connectivity index (χ2v) is 7.30. The van der Waals surface area contributed by atoms with E-state index in [4.69, 9.17) is 4.99 Å². The number of nitrogens with one attached hydrogen (secondary N) is 2. The van der Waals surface area contributed by atoms with E-state index in [-0.39, 0.29) is 24.0 Å². The molecule has 4 nitrogen and oxygen atoms in total. The molecule has 1 aliphatic heterocycles. The van der Waals surface area contributed by atoms with Crippen LogP contribution in [0.5, 0.6) is 0 Å². The van der Waals surface area contributed by atoms with Gasteiger partial charge in [-0.25, -0.2) is 0 Å². The van der Waals surface area contributed by atoms with Crippen molar-refractivity contribution in [2.75, 3.05) is 32.7 Å². The van der Waals surface area contributed by atoms with Crippen LogP contribution < -0.4 is 10.6 Å². The molecule has 0 amide bonds. The van der Waals surface area contributed by atoms with Crippen LogP contribution in [0.25, 0.3) is 0 Å². The molecule has 1 fully saturated rings. The van der Waals surface area contributed by atoms with Crippen molar-refractivity contribution in [1.82, 2.24) is 15.5 Å². The molecule has 0 aliphatic carbocycles. The number of aliphatic imine (C=N–C) groups is 1. The molecule has 6 heteroatoms. The summed E-state index contributed by atoms with van der Waals surface area (Å²) in [5.41, 5.74) is 0. The number of hydrogen-bond donors (Lipinski definition) is 2. The lowest BCUT2D eigenvalue weighted by molar-refractivity contribution is 0.242. The fourth-order valence-corrected chi connectivity index (χ4v) is 3.86. The summed E-state index contributed by atoms with van der Waals surface area (Å²) in [6, 6.07) is 4.92. The highest BCUT2D eigenvalue weighted by Gasteiger charge is 2.20. The summed E-state index contributed by atoms with van der Waals surface area (Å²) >= 11 is 1.83. The zero-order valence-electron chi connectivity index (χ0n) is 15.3. The number of halogens is 1. The second-order valence-electron chi connectivity index (χ2n) is 6.32. The third-order valence-corrected chi connectivity index (χ3v) is 5.64. The van der Waals surface area contributed by atoms with Gasteiger partial charge in [0.2, 0.25) is 0 Å². The lowest BCUT2D eigenvalue weighted by Gasteiger charge is -2.25. The Bertz CT molecular complexity index is 458. The van der Waals surface area contributed by atoms with Crippen LogP contribution in [0.1, 0.15) is 50.8 Å². The van der Waals surface area contributed by atoms with Gasteiger partial charge < -0.3 is 10.6 Å². The fraction of sp³-hybridized carbons (Fsp3) is 0.722. The van der Waals surface area contributed by atoms with Crippen molar-refractivity contribution in [1.29, 1.82) is 0 Å². The Labute approximate surface area is 168 Å². The Morgan fingerprint density at radius 1 is 1.29 bits per heavy atom. The zero-order chi connectivity index (χ0) is 16.5. The average molecular weight is 464 g/mol. The Kier molecular flexibility index (Phi) is 10.9. The molecule has 1 saturated heterocycles. The summed E-state index contributed by atoms with van der Waals surface area (Å²) in [4.78, 5) is 8.86. The molecule has 1 aromatic heterocycles. The van der Waals surface area contributed by atoms with Gasteiger partial charge in [-0.3, -0.25) is 9.89 Å². The van der Waals surface area contributed by atoms with Gasteiger partial charge in [-0.1, -0.05) is 19.9 Å². The third-order valence-electron chi connectivity index (χ3n) is 4.54. The quantitative estimate of drug-likeness (QED) is 0.348.